The van der Waals surface area contributed by atoms with Gasteiger partial charge in [-0.25, -0.2) is 4.79 Å². The first kappa shape index (κ1) is 25.2. The topological polar surface area (TPSA) is 95.5 Å². The highest BCUT2D eigenvalue weighted by molar-refractivity contribution is 7.16. The predicted molar refractivity (Wildman–Crippen MR) is 131 cm³/mol. The number of alkyl halides is 3. The van der Waals surface area contributed by atoms with Crippen LogP contribution < -0.4 is 16.1 Å². The summed E-state index contributed by atoms with van der Waals surface area (Å²) >= 11 is 0.981. The number of thiazole rings is 1. The fraction of sp³-hybridized carbons (Fsp3) is 0.320. The molecule has 4 aromatic rings. The van der Waals surface area contributed by atoms with Crippen LogP contribution in [0.25, 0.3) is 15.9 Å². The molecule has 2 heterocycles. The normalized spacial score (nSPS) is 16.6. The predicted octanol–water partition coefficient (Wildman–Crippen LogP) is 3.49. The zero-order chi connectivity index (χ0) is 26.6. The van der Waals surface area contributed by atoms with Crippen LogP contribution in [0.4, 0.5) is 13.2 Å². The molecule has 0 spiro atoms. The lowest BCUT2D eigenvalue weighted by Gasteiger charge is -2.29. The maximum absolute atomic E-state index is 13.8. The van der Waals surface area contributed by atoms with E-state index in [2.05, 4.69) is 0 Å². The van der Waals surface area contributed by atoms with Gasteiger partial charge in [0.05, 0.1) is 33.1 Å². The Hall–Kier alpha value is -3.48. The van der Waals surface area contributed by atoms with Gasteiger partial charge in [-0.2, -0.15) is 13.2 Å². The lowest BCUT2D eigenvalue weighted by atomic mass is 9.84. The van der Waals surface area contributed by atoms with Crippen molar-refractivity contribution in [2.45, 2.75) is 37.8 Å². The van der Waals surface area contributed by atoms with Crippen LogP contribution in [0, 0.1) is 0 Å². The monoisotopic (exact) mass is 533 g/mol. The lowest BCUT2D eigenvalue weighted by molar-refractivity contribution is -0.138. The number of aliphatic hydroxyl groups excluding tert-OH is 1. The molecular formula is C25H22F3N3O5S. The highest BCUT2D eigenvalue weighted by atomic mass is 32.1. The molecule has 12 heteroatoms. The van der Waals surface area contributed by atoms with Crippen molar-refractivity contribution in [1.82, 2.24) is 13.7 Å². The molecule has 8 nitrogen and oxygen atoms in total. The first-order chi connectivity index (χ1) is 17.5. The van der Waals surface area contributed by atoms with Gasteiger partial charge in [-0.05, 0) is 54.7 Å². The summed E-state index contributed by atoms with van der Waals surface area (Å²) < 4.78 is 50.2. The van der Waals surface area contributed by atoms with Gasteiger partial charge in [0.2, 0.25) is 0 Å². The SMILES string of the molecule is COC(O)c1cn(-c2ccc3c(c2)sc(=O)n3C)c(=O)n(C2CCCc3c2cccc3C(F)(F)F)c1=O. The molecular weight excluding hydrogens is 511 g/mol. The van der Waals surface area contributed by atoms with Gasteiger partial charge in [-0.15, -0.1) is 0 Å². The average molecular weight is 534 g/mol. The van der Waals surface area contributed by atoms with E-state index in [1.807, 2.05) is 0 Å². The van der Waals surface area contributed by atoms with Gasteiger partial charge >= 0.3 is 16.7 Å². The number of halogens is 3. The summed E-state index contributed by atoms with van der Waals surface area (Å²) in [4.78, 5) is 39.1. The van der Waals surface area contributed by atoms with E-state index in [9.17, 15) is 32.7 Å². The number of hydrogen-bond donors (Lipinski definition) is 1. The number of fused-ring (bicyclic) bond motifs is 2. The second-order valence-electron chi connectivity index (χ2n) is 8.86. The molecule has 0 saturated heterocycles. The van der Waals surface area contributed by atoms with Crippen LogP contribution in [-0.4, -0.2) is 25.9 Å². The largest absolute Gasteiger partial charge is 0.416 e. The Morgan fingerprint density at radius 3 is 2.62 bits per heavy atom. The second-order valence-corrected chi connectivity index (χ2v) is 9.85. The first-order valence-electron chi connectivity index (χ1n) is 11.4. The molecule has 1 aliphatic carbocycles. The Morgan fingerprint density at radius 1 is 1.16 bits per heavy atom. The minimum absolute atomic E-state index is 0.0530. The van der Waals surface area contributed by atoms with E-state index in [1.165, 1.54) is 23.8 Å². The molecule has 1 aliphatic rings. The summed E-state index contributed by atoms with van der Waals surface area (Å²) in [5.74, 6) is 0. The Bertz CT molecular complexity index is 1700. The molecule has 1 N–H and O–H groups in total. The highest BCUT2D eigenvalue weighted by Gasteiger charge is 2.37. The zero-order valence-electron chi connectivity index (χ0n) is 19.8. The molecule has 5 rings (SSSR count). The molecule has 0 radical (unpaired) electrons. The van der Waals surface area contributed by atoms with Crippen molar-refractivity contribution >= 4 is 21.6 Å². The average Bonchev–Trinajstić information content (AvgIpc) is 3.15. The third kappa shape index (κ3) is 4.14. The van der Waals surface area contributed by atoms with E-state index in [-0.39, 0.29) is 34.4 Å². The number of rotatable bonds is 4. The van der Waals surface area contributed by atoms with E-state index >= 15 is 0 Å². The Balaban J connectivity index is 1.78. The molecule has 0 fully saturated rings. The van der Waals surface area contributed by atoms with Crippen LogP contribution in [0.3, 0.4) is 0 Å². The Labute approximate surface area is 211 Å². The van der Waals surface area contributed by atoms with Gasteiger partial charge in [0, 0.05) is 20.4 Å². The minimum atomic E-state index is -4.58. The van der Waals surface area contributed by atoms with E-state index in [4.69, 9.17) is 4.74 Å². The number of aliphatic hydroxyl groups is 1. The summed E-state index contributed by atoms with van der Waals surface area (Å²) in [6.07, 6.45) is -4.34. The number of methoxy groups -OCH3 is 1. The molecule has 0 aliphatic heterocycles. The van der Waals surface area contributed by atoms with Gasteiger partial charge < -0.3 is 14.4 Å². The Kier molecular flexibility index (Phi) is 6.21. The number of ether oxygens (including phenoxy) is 1. The van der Waals surface area contributed by atoms with E-state index in [0.29, 0.717) is 22.3 Å². The van der Waals surface area contributed by atoms with Crippen molar-refractivity contribution in [2.24, 2.45) is 7.05 Å². The molecule has 2 aromatic carbocycles. The summed E-state index contributed by atoms with van der Waals surface area (Å²) in [6.45, 7) is 0. The molecule has 2 atom stereocenters. The Morgan fingerprint density at radius 2 is 1.92 bits per heavy atom. The number of aryl methyl sites for hydroxylation is 1. The summed E-state index contributed by atoms with van der Waals surface area (Å²) in [5.41, 5.74) is -1.41. The third-order valence-corrected chi connectivity index (χ3v) is 7.78. The second kappa shape index (κ2) is 9.12. The van der Waals surface area contributed by atoms with E-state index in [1.54, 1.807) is 25.2 Å². The van der Waals surface area contributed by atoms with Gasteiger partial charge in [0.1, 0.15) is 0 Å². The van der Waals surface area contributed by atoms with Crippen molar-refractivity contribution < 1.29 is 23.0 Å². The third-order valence-electron chi connectivity index (χ3n) is 6.78. The number of nitrogens with zero attached hydrogens (tertiary/aromatic N) is 3. The number of aromatic nitrogens is 3. The molecule has 2 aromatic heterocycles. The van der Waals surface area contributed by atoms with Crippen molar-refractivity contribution in [3.8, 4) is 5.69 Å². The van der Waals surface area contributed by atoms with Crippen LogP contribution in [0.1, 0.15) is 47.4 Å². The fourth-order valence-corrected chi connectivity index (χ4v) is 5.89. The molecule has 37 heavy (non-hydrogen) atoms. The highest BCUT2D eigenvalue weighted by Crippen LogP contribution is 2.40. The standard InChI is InChI=1S/C25H22F3N3O5S/c1-29-19-10-9-13(11-20(19)37-24(29)35)30-12-16(22(33)36-2)21(32)31(23(30)34)18-8-4-5-14-15(18)6-3-7-17(14)25(26,27)28/h3,6-7,9-12,18,22,33H,4-5,8H2,1-2H3. The van der Waals surface area contributed by atoms with Gasteiger partial charge in [0.15, 0.2) is 6.29 Å². The summed E-state index contributed by atoms with van der Waals surface area (Å²) in [6, 6.07) is 7.63. The van der Waals surface area contributed by atoms with Gasteiger partial charge in [-0.3, -0.25) is 18.7 Å². The van der Waals surface area contributed by atoms with E-state index in [0.717, 1.165) is 32.7 Å². The fourth-order valence-electron chi connectivity index (χ4n) is 4.98. The maximum atomic E-state index is 13.8. The van der Waals surface area contributed by atoms with E-state index < -0.39 is 35.3 Å². The maximum Gasteiger partial charge on any atom is 0.416 e. The van der Waals surface area contributed by atoms with Crippen molar-refractivity contribution in [3.63, 3.8) is 0 Å². The first-order valence-corrected chi connectivity index (χ1v) is 12.2. The molecule has 194 valence electrons. The minimum Gasteiger partial charge on any atom is -0.364 e. The van der Waals surface area contributed by atoms with Crippen LogP contribution in [0.15, 0.2) is 57.0 Å². The van der Waals surface area contributed by atoms with Gasteiger partial charge in [0.25, 0.3) is 5.56 Å². The molecule has 0 amide bonds. The summed E-state index contributed by atoms with van der Waals surface area (Å²) in [5, 5.41) is 10.4. The van der Waals surface area contributed by atoms with Crippen LogP contribution >= 0.6 is 11.3 Å². The van der Waals surface area contributed by atoms with Crippen molar-refractivity contribution in [2.75, 3.05) is 7.11 Å². The van der Waals surface area contributed by atoms with Crippen LogP contribution in [-0.2, 0) is 24.4 Å². The van der Waals surface area contributed by atoms with Gasteiger partial charge in [-0.1, -0.05) is 23.5 Å². The molecule has 2 unspecified atom stereocenters. The summed E-state index contributed by atoms with van der Waals surface area (Å²) in [7, 11) is 2.80. The lowest BCUT2D eigenvalue weighted by Crippen LogP contribution is -2.45. The van der Waals surface area contributed by atoms with Crippen molar-refractivity contribution in [1.29, 1.82) is 0 Å². The molecule has 0 saturated carbocycles. The smallest absolute Gasteiger partial charge is 0.364 e. The van der Waals surface area contributed by atoms with Crippen LogP contribution in [0.5, 0.6) is 0 Å². The quantitative estimate of drug-likeness (QED) is 0.406. The number of benzene rings is 2. The van der Waals surface area contributed by atoms with Crippen LogP contribution in [0.2, 0.25) is 0 Å². The zero-order valence-corrected chi connectivity index (χ0v) is 20.6. The number of hydrogen-bond acceptors (Lipinski definition) is 6. The van der Waals surface area contributed by atoms with Crippen molar-refractivity contribution in [3.05, 3.63) is 95.4 Å². The molecule has 0 bridgehead atoms.